The first kappa shape index (κ1) is 21.9. The summed E-state index contributed by atoms with van der Waals surface area (Å²) in [7, 11) is 1.59. The van der Waals surface area contributed by atoms with E-state index in [1.54, 1.807) is 55.6 Å². The highest BCUT2D eigenvalue weighted by molar-refractivity contribution is 5.98. The van der Waals surface area contributed by atoms with E-state index < -0.39 is 18.0 Å². The van der Waals surface area contributed by atoms with Crippen molar-refractivity contribution in [2.75, 3.05) is 19.0 Å². The molecule has 2 aromatic carbocycles. The molecule has 1 atom stereocenters. The fraction of sp³-hybridized carbons (Fsp3) is 0.318. The van der Waals surface area contributed by atoms with Crippen LogP contribution in [-0.2, 0) is 14.3 Å². The van der Waals surface area contributed by atoms with Crippen molar-refractivity contribution in [3.05, 3.63) is 54.1 Å². The Morgan fingerprint density at radius 1 is 1.03 bits per heavy atom. The molecule has 0 bridgehead atoms. The van der Waals surface area contributed by atoms with E-state index in [-0.39, 0.29) is 12.2 Å². The first-order chi connectivity index (χ1) is 13.9. The Kier molecular flexibility index (Phi) is 8.21. The maximum absolute atomic E-state index is 12.2. The highest BCUT2D eigenvalue weighted by atomic mass is 16.5. The number of carbonyl (C=O) groups excluding carboxylic acids is 3. The molecule has 154 valence electrons. The summed E-state index contributed by atoms with van der Waals surface area (Å²) in [6.07, 6.45) is -0.362. The third-order valence-corrected chi connectivity index (χ3v) is 4.07. The van der Waals surface area contributed by atoms with Gasteiger partial charge < -0.3 is 19.5 Å². The van der Waals surface area contributed by atoms with Crippen LogP contribution in [0.2, 0.25) is 0 Å². The van der Waals surface area contributed by atoms with Crippen molar-refractivity contribution in [3.8, 4) is 11.5 Å². The molecule has 0 saturated carbocycles. The predicted octanol–water partition coefficient (Wildman–Crippen LogP) is 3.63. The molecule has 0 saturated heterocycles. The number of methoxy groups -OCH3 is 1. The molecule has 0 radical (unpaired) electrons. The third-order valence-electron chi connectivity index (χ3n) is 4.07. The molecular formula is C22H25NO6. The van der Waals surface area contributed by atoms with Gasteiger partial charge in [-0.1, -0.05) is 12.1 Å². The molecule has 0 aliphatic rings. The molecule has 29 heavy (non-hydrogen) atoms. The summed E-state index contributed by atoms with van der Waals surface area (Å²) in [6.45, 7) is 3.29. The number of hydrogen-bond donors (Lipinski definition) is 1. The normalized spacial score (nSPS) is 11.3. The van der Waals surface area contributed by atoms with Crippen molar-refractivity contribution in [2.45, 2.75) is 32.8 Å². The fourth-order valence-electron chi connectivity index (χ4n) is 2.45. The van der Waals surface area contributed by atoms with Crippen molar-refractivity contribution in [1.82, 2.24) is 0 Å². The summed E-state index contributed by atoms with van der Waals surface area (Å²) in [5.41, 5.74) is 0.961. The SMILES string of the molecule is COc1ccc(OCCCC(=O)O[C@@H](C)C(=O)Nc2cccc(C(C)=O)c2)cc1. The lowest BCUT2D eigenvalue weighted by atomic mass is 10.1. The molecule has 0 aromatic heterocycles. The molecule has 0 spiro atoms. The number of nitrogens with one attached hydrogen (secondary N) is 1. The van der Waals surface area contributed by atoms with Gasteiger partial charge in [-0.25, -0.2) is 0 Å². The monoisotopic (exact) mass is 399 g/mol. The summed E-state index contributed by atoms with van der Waals surface area (Å²) in [5, 5.41) is 2.64. The molecule has 0 heterocycles. The molecular weight excluding hydrogens is 374 g/mol. The molecule has 0 unspecified atom stereocenters. The van der Waals surface area contributed by atoms with Crippen LogP contribution >= 0.6 is 0 Å². The second-order valence-electron chi connectivity index (χ2n) is 6.39. The van der Waals surface area contributed by atoms with Crippen LogP contribution in [0.25, 0.3) is 0 Å². The Hall–Kier alpha value is -3.35. The van der Waals surface area contributed by atoms with Gasteiger partial charge in [0.15, 0.2) is 11.9 Å². The minimum absolute atomic E-state index is 0.0996. The van der Waals surface area contributed by atoms with Crippen LogP contribution in [0.15, 0.2) is 48.5 Å². The molecule has 2 aromatic rings. The largest absolute Gasteiger partial charge is 0.497 e. The molecule has 2 rings (SSSR count). The standard InChI is InChI=1S/C22H25NO6/c1-15(24)17-6-4-7-18(14-17)23-22(26)16(2)29-21(25)8-5-13-28-20-11-9-19(27-3)10-12-20/h4,6-7,9-12,14,16H,5,8,13H2,1-3H3,(H,23,26)/t16-/m0/s1. The second-order valence-corrected chi connectivity index (χ2v) is 6.39. The summed E-state index contributed by atoms with van der Waals surface area (Å²) < 4.78 is 15.8. The van der Waals surface area contributed by atoms with Crippen molar-refractivity contribution in [2.24, 2.45) is 0 Å². The number of ether oxygens (including phenoxy) is 3. The summed E-state index contributed by atoms with van der Waals surface area (Å²) >= 11 is 0. The van der Waals surface area contributed by atoms with Crippen LogP contribution in [0.4, 0.5) is 5.69 Å². The van der Waals surface area contributed by atoms with Gasteiger partial charge in [0.05, 0.1) is 13.7 Å². The average Bonchev–Trinajstić information content (AvgIpc) is 2.71. The average molecular weight is 399 g/mol. The lowest BCUT2D eigenvalue weighted by molar-refractivity contribution is -0.153. The maximum atomic E-state index is 12.2. The quantitative estimate of drug-likeness (QED) is 0.373. The molecule has 1 amide bonds. The van der Waals surface area contributed by atoms with E-state index in [1.165, 1.54) is 13.8 Å². The van der Waals surface area contributed by atoms with Crippen molar-refractivity contribution in [1.29, 1.82) is 0 Å². The molecule has 0 fully saturated rings. The fourth-order valence-corrected chi connectivity index (χ4v) is 2.45. The van der Waals surface area contributed by atoms with Crippen LogP contribution in [0.1, 0.15) is 37.0 Å². The van der Waals surface area contributed by atoms with E-state index in [9.17, 15) is 14.4 Å². The van der Waals surface area contributed by atoms with Crippen molar-refractivity contribution in [3.63, 3.8) is 0 Å². The van der Waals surface area contributed by atoms with Crippen molar-refractivity contribution < 1.29 is 28.6 Å². The Morgan fingerprint density at radius 3 is 2.38 bits per heavy atom. The number of ketones is 1. The van der Waals surface area contributed by atoms with Gasteiger partial charge in [-0.2, -0.15) is 0 Å². The zero-order valence-electron chi connectivity index (χ0n) is 16.8. The zero-order valence-corrected chi connectivity index (χ0v) is 16.8. The first-order valence-corrected chi connectivity index (χ1v) is 9.27. The maximum Gasteiger partial charge on any atom is 0.306 e. The number of carbonyl (C=O) groups is 3. The van der Waals surface area contributed by atoms with Crippen LogP contribution in [0.5, 0.6) is 11.5 Å². The van der Waals surface area contributed by atoms with Crippen LogP contribution in [-0.4, -0.2) is 37.5 Å². The Morgan fingerprint density at radius 2 is 1.72 bits per heavy atom. The van der Waals surface area contributed by atoms with E-state index >= 15 is 0 Å². The van der Waals surface area contributed by atoms with Gasteiger partial charge in [0.25, 0.3) is 5.91 Å². The zero-order chi connectivity index (χ0) is 21.2. The van der Waals surface area contributed by atoms with Gasteiger partial charge in [0.1, 0.15) is 11.5 Å². The number of Topliss-reactive ketones (excluding diaryl/α,β-unsaturated/α-hetero) is 1. The lowest BCUT2D eigenvalue weighted by Crippen LogP contribution is -2.30. The lowest BCUT2D eigenvalue weighted by Gasteiger charge is -2.14. The summed E-state index contributed by atoms with van der Waals surface area (Å²) in [5.74, 6) is 0.371. The third kappa shape index (κ3) is 7.29. The van der Waals surface area contributed by atoms with Crippen LogP contribution in [0, 0.1) is 0 Å². The molecule has 1 N–H and O–H groups in total. The van der Waals surface area contributed by atoms with E-state index in [4.69, 9.17) is 14.2 Å². The minimum Gasteiger partial charge on any atom is -0.497 e. The van der Waals surface area contributed by atoms with Gasteiger partial charge in [-0.05, 0) is 56.7 Å². The smallest absolute Gasteiger partial charge is 0.306 e. The van der Waals surface area contributed by atoms with Gasteiger partial charge in [0, 0.05) is 17.7 Å². The van der Waals surface area contributed by atoms with Gasteiger partial charge in [0.2, 0.25) is 0 Å². The van der Waals surface area contributed by atoms with Gasteiger partial charge >= 0.3 is 5.97 Å². The first-order valence-electron chi connectivity index (χ1n) is 9.27. The molecule has 7 nitrogen and oxygen atoms in total. The number of hydrogen-bond acceptors (Lipinski definition) is 6. The van der Waals surface area contributed by atoms with E-state index in [0.717, 1.165) is 5.75 Å². The Balaban J connectivity index is 1.71. The van der Waals surface area contributed by atoms with Crippen molar-refractivity contribution >= 4 is 23.3 Å². The second kappa shape index (κ2) is 10.8. The number of benzene rings is 2. The molecule has 7 heteroatoms. The van der Waals surface area contributed by atoms with Gasteiger partial charge in [-0.15, -0.1) is 0 Å². The van der Waals surface area contributed by atoms with Crippen LogP contribution < -0.4 is 14.8 Å². The summed E-state index contributed by atoms with van der Waals surface area (Å²) in [6, 6.07) is 13.7. The predicted molar refractivity (Wildman–Crippen MR) is 108 cm³/mol. The van der Waals surface area contributed by atoms with E-state index in [0.29, 0.717) is 30.0 Å². The number of esters is 1. The summed E-state index contributed by atoms with van der Waals surface area (Å²) in [4.78, 5) is 35.5. The van der Waals surface area contributed by atoms with Gasteiger partial charge in [-0.3, -0.25) is 14.4 Å². The number of anilines is 1. The molecule has 0 aliphatic heterocycles. The topological polar surface area (TPSA) is 90.9 Å². The Labute approximate surface area is 170 Å². The van der Waals surface area contributed by atoms with E-state index in [2.05, 4.69) is 5.32 Å². The van der Waals surface area contributed by atoms with E-state index in [1.807, 2.05) is 0 Å². The number of rotatable bonds is 10. The number of amides is 1. The van der Waals surface area contributed by atoms with Crippen LogP contribution in [0.3, 0.4) is 0 Å². The molecule has 0 aliphatic carbocycles. The highest BCUT2D eigenvalue weighted by Gasteiger charge is 2.18. The highest BCUT2D eigenvalue weighted by Crippen LogP contribution is 2.17. The minimum atomic E-state index is -0.953. The Bertz CT molecular complexity index is 847.